The standard InChI is InChI=1S/C17H14F3N3O2S/c18-17(19,20)11-4-1-3-10(7-11)14(24)9-21-16(25)13-8-12(22-23-13)15-5-2-6-26-15/h1-8,14,24H,9H2,(H,21,25)(H,22,23). The lowest BCUT2D eigenvalue weighted by Gasteiger charge is -2.14. The predicted octanol–water partition coefficient (Wildman–Crippen LogP) is 3.62. The van der Waals surface area contributed by atoms with Crippen LogP contribution in [-0.4, -0.2) is 27.8 Å². The summed E-state index contributed by atoms with van der Waals surface area (Å²) in [7, 11) is 0. The van der Waals surface area contributed by atoms with Crippen molar-refractivity contribution >= 4 is 17.2 Å². The molecule has 2 aromatic heterocycles. The van der Waals surface area contributed by atoms with Gasteiger partial charge in [-0.2, -0.15) is 18.3 Å². The van der Waals surface area contributed by atoms with Crippen molar-refractivity contribution in [2.45, 2.75) is 12.3 Å². The van der Waals surface area contributed by atoms with Gasteiger partial charge in [0.2, 0.25) is 0 Å². The molecule has 1 unspecified atom stereocenters. The first-order valence-electron chi connectivity index (χ1n) is 7.57. The summed E-state index contributed by atoms with van der Waals surface area (Å²) < 4.78 is 38.2. The molecule has 3 N–H and O–H groups in total. The predicted molar refractivity (Wildman–Crippen MR) is 90.6 cm³/mol. The zero-order valence-corrected chi connectivity index (χ0v) is 14.1. The molecule has 3 aromatic rings. The molecule has 0 saturated carbocycles. The van der Waals surface area contributed by atoms with Crippen molar-refractivity contribution in [3.63, 3.8) is 0 Å². The van der Waals surface area contributed by atoms with Gasteiger partial charge in [0.05, 0.1) is 22.2 Å². The first kappa shape index (κ1) is 18.2. The second kappa shape index (κ2) is 7.30. The van der Waals surface area contributed by atoms with Crippen LogP contribution < -0.4 is 5.32 Å². The van der Waals surface area contributed by atoms with Gasteiger partial charge in [-0.25, -0.2) is 0 Å². The SMILES string of the molecule is O=C(NCC(O)c1cccc(C(F)(F)F)c1)c1cc(-c2cccs2)[nH]n1. The average molecular weight is 381 g/mol. The zero-order chi connectivity index (χ0) is 18.7. The van der Waals surface area contributed by atoms with Gasteiger partial charge >= 0.3 is 6.18 Å². The molecular formula is C17H14F3N3O2S. The van der Waals surface area contributed by atoms with E-state index in [0.29, 0.717) is 5.69 Å². The number of nitrogens with one attached hydrogen (secondary N) is 2. The molecule has 26 heavy (non-hydrogen) atoms. The fourth-order valence-corrected chi connectivity index (χ4v) is 3.01. The molecule has 5 nitrogen and oxygen atoms in total. The number of benzene rings is 1. The lowest BCUT2D eigenvalue weighted by atomic mass is 10.1. The maximum Gasteiger partial charge on any atom is 0.416 e. The van der Waals surface area contributed by atoms with E-state index in [-0.39, 0.29) is 17.8 Å². The van der Waals surface area contributed by atoms with E-state index in [4.69, 9.17) is 0 Å². The molecule has 0 spiro atoms. The third-order valence-corrected chi connectivity index (χ3v) is 4.55. The number of H-pyrrole nitrogens is 1. The number of thiophene rings is 1. The summed E-state index contributed by atoms with van der Waals surface area (Å²) in [6.07, 6.45) is -5.76. The maximum atomic E-state index is 12.7. The van der Waals surface area contributed by atoms with Crippen molar-refractivity contribution in [3.05, 3.63) is 64.7 Å². The molecule has 3 rings (SSSR count). The second-order valence-electron chi connectivity index (χ2n) is 5.49. The van der Waals surface area contributed by atoms with Gasteiger partial charge in [0.1, 0.15) is 0 Å². The van der Waals surface area contributed by atoms with Crippen LogP contribution in [-0.2, 0) is 6.18 Å². The van der Waals surface area contributed by atoms with Gasteiger partial charge in [-0.3, -0.25) is 9.89 Å². The van der Waals surface area contributed by atoms with Gasteiger partial charge in [-0.15, -0.1) is 11.3 Å². The molecule has 0 aliphatic heterocycles. The highest BCUT2D eigenvalue weighted by Gasteiger charge is 2.30. The maximum absolute atomic E-state index is 12.7. The third kappa shape index (κ3) is 4.12. The topological polar surface area (TPSA) is 78.0 Å². The van der Waals surface area contributed by atoms with Crippen LogP contribution in [0.25, 0.3) is 10.6 Å². The summed E-state index contributed by atoms with van der Waals surface area (Å²) in [4.78, 5) is 13.0. The van der Waals surface area contributed by atoms with Crippen LogP contribution in [0.3, 0.4) is 0 Å². The fourth-order valence-electron chi connectivity index (χ4n) is 2.32. The van der Waals surface area contributed by atoms with Gasteiger partial charge in [0, 0.05) is 6.54 Å². The average Bonchev–Trinajstić information content (AvgIpc) is 3.29. The Morgan fingerprint density at radius 3 is 2.77 bits per heavy atom. The van der Waals surface area contributed by atoms with Gasteiger partial charge in [0.15, 0.2) is 5.69 Å². The van der Waals surface area contributed by atoms with Crippen LogP contribution >= 0.6 is 11.3 Å². The van der Waals surface area contributed by atoms with Crippen molar-refractivity contribution in [2.75, 3.05) is 6.54 Å². The minimum absolute atomic E-state index is 0.0708. The Morgan fingerprint density at radius 1 is 1.27 bits per heavy atom. The van der Waals surface area contributed by atoms with Gasteiger partial charge in [-0.05, 0) is 35.2 Å². The minimum Gasteiger partial charge on any atom is -0.387 e. The molecule has 0 bridgehead atoms. The van der Waals surface area contributed by atoms with Gasteiger partial charge < -0.3 is 10.4 Å². The smallest absolute Gasteiger partial charge is 0.387 e. The van der Waals surface area contributed by atoms with Crippen molar-refractivity contribution < 1.29 is 23.1 Å². The molecule has 0 radical (unpaired) electrons. The molecule has 0 aliphatic rings. The first-order chi connectivity index (χ1) is 12.3. The molecule has 1 aromatic carbocycles. The highest BCUT2D eigenvalue weighted by molar-refractivity contribution is 7.13. The van der Waals surface area contributed by atoms with Crippen molar-refractivity contribution in [1.82, 2.24) is 15.5 Å². The quantitative estimate of drug-likeness (QED) is 0.632. The molecule has 136 valence electrons. The van der Waals surface area contributed by atoms with Crippen LogP contribution in [0.5, 0.6) is 0 Å². The lowest BCUT2D eigenvalue weighted by Crippen LogP contribution is -2.28. The highest BCUT2D eigenvalue weighted by Crippen LogP contribution is 2.30. The van der Waals surface area contributed by atoms with E-state index >= 15 is 0 Å². The Morgan fingerprint density at radius 2 is 2.08 bits per heavy atom. The number of aromatic nitrogens is 2. The normalized spacial score (nSPS) is 12.8. The number of aliphatic hydroxyl groups excluding tert-OH is 1. The van der Waals surface area contributed by atoms with Gasteiger partial charge in [-0.1, -0.05) is 18.2 Å². The Bertz CT molecular complexity index is 891. The number of aliphatic hydroxyl groups is 1. The molecule has 1 amide bonds. The minimum atomic E-state index is -4.49. The Balaban J connectivity index is 1.63. The summed E-state index contributed by atoms with van der Waals surface area (Å²) >= 11 is 1.49. The second-order valence-corrected chi connectivity index (χ2v) is 6.44. The van der Waals surface area contributed by atoms with Gasteiger partial charge in [0.25, 0.3) is 5.91 Å². The zero-order valence-electron chi connectivity index (χ0n) is 13.2. The van der Waals surface area contributed by atoms with E-state index in [1.807, 2.05) is 17.5 Å². The largest absolute Gasteiger partial charge is 0.416 e. The molecule has 1 atom stereocenters. The summed E-state index contributed by atoms with van der Waals surface area (Å²) in [6.45, 7) is -0.235. The molecule has 0 saturated heterocycles. The number of carbonyl (C=O) groups excluding carboxylic acids is 1. The Hall–Kier alpha value is -2.65. The van der Waals surface area contributed by atoms with Crippen molar-refractivity contribution in [2.24, 2.45) is 0 Å². The van der Waals surface area contributed by atoms with Crippen LogP contribution in [0, 0.1) is 0 Å². The molecule has 9 heteroatoms. The van der Waals surface area contributed by atoms with Crippen LogP contribution in [0.15, 0.2) is 47.8 Å². The van der Waals surface area contributed by atoms with E-state index in [0.717, 1.165) is 17.0 Å². The fraction of sp³-hybridized carbons (Fsp3) is 0.176. The number of amides is 1. The highest BCUT2D eigenvalue weighted by atomic mass is 32.1. The molecular weight excluding hydrogens is 367 g/mol. The number of aromatic amines is 1. The number of hydrogen-bond donors (Lipinski definition) is 3. The summed E-state index contributed by atoms with van der Waals surface area (Å²) in [5.74, 6) is -0.532. The number of nitrogens with zero attached hydrogens (tertiary/aromatic N) is 1. The van der Waals surface area contributed by atoms with Crippen molar-refractivity contribution in [3.8, 4) is 10.6 Å². The van der Waals surface area contributed by atoms with Crippen LogP contribution in [0.4, 0.5) is 13.2 Å². The van der Waals surface area contributed by atoms with E-state index < -0.39 is 23.8 Å². The Labute approximate surface area is 150 Å². The lowest BCUT2D eigenvalue weighted by molar-refractivity contribution is -0.137. The molecule has 0 fully saturated rings. The molecule has 0 aliphatic carbocycles. The van der Waals surface area contributed by atoms with Crippen LogP contribution in [0.2, 0.25) is 0 Å². The number of halogens is 3. The van der Waals surface area contributed by atoms with E-state index in [9.17, 15) is 23.1 Å². The van der Waals surface area contributed by atoms with E-state index in [1.165, 1.54) is 23.5 Å². The van der Waals surface area contributed by atoms with Crippen molar-refractivity contribution in [1.29, 1.82) is 0 Å². The van der Waals surface area contributed by atoms with E-state index in [2.05, 4.69) is 15.5 Å². The van der Waals surface area contributed by atoms with E-state index in [1.54, 1.807) is 6.07 Å². The third-order valence-electron chi connectivity index (χ3n) is 3.65. The summed E-state index contributed by atoms with van der Waals surface area (Å²) in [5.41, 5.74) is 0.0305. The summed E-state index contributed by atoms with van der Waals surface area (Å²) in [6, 6.07) is 9.67. The number of rotatable bonds is 5. The van der Waals surface area contributed by atoms with Crippen LogP contribution in [0.1, 0.15) is 27.7 Å². The number of alkyl halides is 3. The number of hydrogen-bond acceptors (Lipinski definition) is 4. The summed E-state index contributed by atoms with van der Waals surface area (Å²) in [5, 5.41) is 21.1. The Kier molecular flexibility index (Phi) is 5.10. The molecule has 2 heterocycles. The number of carbonyl (C=O) groups is 1. The monoisotopic (exact) mass is 381 g/mol. The first-order valence-corrected chi connectivity index (χ1v) is 8.45.